The highest BCUT2D eigenvalue weighted by Crippen LogP contribution is 2.28. The maximum absolute atomic E-state index is 11.8. The van der Waals surface area contributed by atoms with Crippen molar-refractivity contribution in [3.05, 3.63) is 15.8 Å². The van der Waals surface area contributed by atoms with E-state index in [9.17, 15) is 8.42 Å². The second kappa shape index (κ2) is 4.44. The first-order chi connectivity index (χ1) is 7.54. The Kier molecular flexibility index (Phi) is 3.34. The average molecular weight is 260 g/mol. The topological polar surface area (TPSA) is 58.2 Å². The minimum atomic E-state index is -3.32. The number of nitrogens with one attached hydrogen (secondary N) is 2. The third-order valence-corrected chi connectivity index (χ3v) is 5.53. The Morgan fingerprint density at radius 2 is 2.19 bits per heavy atom. The van der Waals surface area contributed by atoms with Gasteiger partial charge in [-0.15, -0.1) is 11.3 Å². The molecule has 0 atom stereocenters. The summed E-state index contributed by atoms with van der Waals surface area (Å²) in [6, 6.07) is 0.590. The largest absolute Gasteiger partial charge is 0.309 e. The molecule has 16 heavy (non-hydrogen) atoms. The lowest BCUT2D eigenvalue weighted by Crippen LogP contribution is -2.22. The van der Waals surface area contributed by atoms with Crippen LogP contribution in [-0.4, -0.2) is 21.5 Å². The highest BCUT2D eigenvalue weighted by Gasteiger charge is 2.24. The predicted molar refractivity (Wildman–Crippen MR) is 65.2 cm³/mol. The SMILES string of the molecule is CNS(=O)(=O)c1c(C)csc1CNC1CC1. The Bertz CT molecular complexity index is 475. The Morgan fingerprint density at radius 1 is 1.50 bits per heavy atom. The number of hydrogen-bond acceptors (Lipinski definition) is 4. The molecule has 0 aliphatic heterocycles. The molecule has 1 saturated carbocycles. The van der Waals surface area contributed by atoms with Gasteiger partial charge in [-0.05, 0) is 37.8 Å². The Labute approximate surface area is 100 Å². The van der Waals surface area contributed by atoms with Crippen LogP contribution in [0.3, 0.4) is 0 Å². The van der Waals surface area contributed by atoms with Gasteiger partial charge in [-0.25, -0.2) is 13.1 Å². The second-order valence-corrected chi connectivity index (χ2v) is 6.82. The lowest BCUT2D eigenvalue weighted by atomic mass is 10.3. The van der Waals surface area contributed by atoms with Crippen molar-refractivity contribution in [3.8, 4) is 0 Å². The summed E-state index contributed by atoms with van der Waals surface area (Å²) in [5.74, 6) is 0. The van der Waals surface area contributed by atoms with E-state index in [1.54, 1.807) is 0 Å². The minimum Gasteiger partial charge on any atom is -0.309 e. The Hall–Kier alpha value is -0.430. The van der Waals surface area contributed by atoms with Crippen molar-refractivity contribution in [2.45, 2.75) is 37.2 Å². The van der Waals surface area contributed by atoms with Crippen molar-refractivity contribution in [1.29, 1.82) is 0 Å². The van der Waals surface area contributed by atoms with Gasteiger partial charge in [0, 0.05) is 17.5 Å². The first kappa shape index (κ1) is 12.0. The number of aryl methyl sites for hydroxylation is 1. The highest BCUT2D eigenvalue weighted by molar-refractivity contribution is 7.89. The molecular formula is C10H16N2O2S2. The van der Waals surface area contributed by atoms with Gasteiger partial charge in [0.05, 0.1) is 0 Å². The summed E-state index contributed by atoms with van der Waals surface area (Å²) < 4.78 is 26.0. The number of hydrogen-bond donors (Lipinski definition) is 2. The van der Waals surface area contributed by atoms with E-state index in [1.165, 1.54) is 31.2 Å². The number of sulfonamides is 1. The molecule has 0 spiro atoms. The fourth-order valence-electron chi connectivity index (χ4n) is 1.60. The van der Waals surface area contributed by atoms with Crippen molar-refractivity contribution in [2.24, 2.45) is 0 Å². The molecule has 0 saturated heterocycles. The molecular weight excluding hydrogens is 244 g/mol. The molecule has 6 heteroatoms. The van der Waals surface area contributed by atoms with E-state index >= 15 is 0 Å². The van der Waals surface area contributed by atoms with E-state index in [2.05, 4.69) is 10.0 Å². The third-order valence-electron chi connectivity index (χ3n) is 2.66. The zero-order chi connectivity index (χ0) is 11.8. The first-order valence-electron chi connectivity index (χ1n) is 5.28. The molecule has 1 heterocycles. The van der Waals surface area contributed by atoms with E-state index < -0.39 is 10.0 Å². The molecule has 0 unspecified atom stereocenters. The lowest BCUT2D eigenvalue weighted by molar-refractivity contribution is 0.585. The number of rotatable bonds is 5. The predicted octanol–water partition coefficient (Wildman–Crippen LogP) is 1.22. The smallest absolute Gasteiger partial charge is 0.241 e. The van der Waals surface area contributed by atoms with Crippen LogP contribution in [0.1, 0.15) is 23.3 Å². The lowest BCUT2D eigenvalue weighted by Gasteiger charge is -2.06. The molecule has 1 fully saturated rings. The Balaban J connectivity index is 2.24. The minimum absolute atomic E-state index is 0.452. The zero-order valence-corrected chi connectivity index (χ0v) is 11.0. The van der Waals surface area contributed by atoms with Gasteiger partial charge in [-0.1, -0.05) is 0 Å². The van der Waals surface area contributed by atoms with E-state index in [4.69, 9.17) is 0 Å². The average Bonchev–Trinajstić information content (AvgIpc) is 2.99. The van der Waals surface area contributed by atoms with Crippen LogP contribution in [0.5, 0.6) is 0 Å². The van der Waals surface area contributed by atoms with Crippen LogP contribution in [0.2, 0.25) is 0 Å². The molecule has 1 aromatic heterocycles. The highest BCUT2D eigenvalue weighted by atomic mass is 32.2. The van der Waals surface area contributed by atoms with Crippen LogP contribution in [0.15, 0.2) is 10.3 Å². The standard InChI is InChI=1S/C10H16N2O2S2/c1-7-6-15-9(5-12-8-3-4-8)10(7)16(13,14)11-2/h6,8,11-12H,3-5H2,1-2H3. The van der Waals surface area contributed by atoms with Gasteiger partial charge < -0.3 is 5.32 Å². The van der Waals surface area contributed by atoms with Crippen LogP contribution in [0, 0.1) is 6.92 Å². The van der Waals surface area contributed by atoms with Crippen LogP contribution >= 0.6 is 11.3 Å². The van der Waals surface area contributed by atoms with Gasteiger partial charge in [-0.2, -0.15) is 0 Å². The van der Waals surface area contributed by atoms with Gasteiger partial charge in [0.2, 0.25) is 10.0 Å². The fourth-order valence-corrected chi connectivity index (χ4v) is 4.08. The van der Waals surface area contributed by atoms with E-state index in [0.717, 1.165) is 10.4 Å². The van der Waals surface area contributed by atoms with Gasteiger partial charge in [0.25, 0.3) is 0 Å². The zero-order valence-electron chi connectivity index (χ0n) is 9.41. The quantitative estimate of drug-likeness (QED) is 0.837. The molecule has 1 aliphatic carbocycles. The summed E-state index contributed by atoms with van der Waals surface area (Å²) >= 11 is 1.51. The monoisotopic (exact) mass is 260 g/mol. The van der Waals surface area contributed by atoms with Crippen molar-refractivity contribution in [2.75, 3.05) is 7.05 Å². The normalized spacial score (nSPS) is 16.6. The van der Waals surface area contributed by atoms with Crippen molar-refractivity contribution >= 4 is 21.4 Å². The van der Waals surface area contributed by atoms with E-state index in [0.29, 0.717) is 17.5 Å². The first-order valence-corrected chi connectivity index (χ1v) is 7.65. The summed E-state index contributed by atoms with van der Waals surface area (Å²) in [5, 5.41) is 5.24. The van der Waals surface area contributed by atoms with Crippen molar-refractivity contribution < 1.29 is 8.42 Å². The van der Waals surface area contributed by atoms with Crippen molar-refractivity contribution in [3.63, 3.8) is 0 Å². The molecule has 2 N–H and O–H groups in total. The number of thiophene rings is 1. The van der Waals surface area contributed by atoms with Gasteiger partial charge in [0.15, 0.2) is 0 Å². The molecule has 90 valence electrons. The summed E-state index contributed by atoms with van der Waals surface area (Å²) in [6.07, 6.45) is 2.41. The van der Waals surface area contributed by atoms with Gasteiger partial charge in [-0.3, -0.25) is 0 Å². The summed E-state index contributed by atoms with van der Waals surface area (Å²) in [7, 11) is -1.87. The van der Waals surface area contributed by atoms with E-state index in [1.807, 2.05) is 12.3 Å². The molecule has 0 amide bonds. The van der Waals surface area contributed by atoms with Crippen LogP contribution in [0.25, 0.3) is 0 Å². The van der Waals surface area contributed by atoms with Crippen molar-refractivity contribution in [1.82, 2.24) is 10.0 Å². The van der Waals surface area contributed by atoms with E-state index in [-0.39, 0.29) is 0 Å². The maximum atomic E-state index is 11.8. The van der Waals surface area contributed by atoms with Crippen LogP contribution in [0.4, 0.5) is 0 Å². The summed E-state index contributed by atoms with van der Waals surface area (Å²) in [5.41, 5.74) is 0.826. The molecule has 4 nitrogen and oxygen atoms in total. The molecule has 1 aromatic rings. The molecule has 1 aliphatic rings. The Morgan fingerprint density at radius 3 is 2.75 bits per heavy atom. The third kappa shape index (κ3) is 2.45. The fraction of sp³-hybridized carbons (Fsp3) is 0.600. The molecule has 0 bridgehead atoms. The molecule has 0 aromatic carbocycles. The maximum Gasteiger partial charge on any atom is 0.241 e. The van der Waals surface area contributed by atoms with Gasteiger partial charge in [0.1, 0.15) is 4.90 Å². The van der Waals surface area contributed by atoms with Crippen LogP contribution in [-0.2, 0) is 16.6 Å². The molecule has 0 radical (unpaired) electrons. The molecule has 2 rings (SSSR count). The van der Waals surface area contributed by atoms with Gasteiger partial charge >= 0.3 is 0 Å². The summed E-state index contributed by atoms with van der Waals surface area (Å²) in [4.78, 5) is 1.35. The van der Waals surface area contributed by atoms with Crippen LogP contribution < -0.4 is 10.0 Å². The summed E-state index contributed by atoms with van der Waals surface area (Å²) in [6.45, 7) is 2.49. The second-order valence-electron chi connectivity index (χ2n) is 4.03.